The number of carbonyl (C=O) groups is 1. The maximum absolute atomic E-state index is 11.8. The molecule has 0 saturated heterocycles. The molecule has 0 saturated carbocycles. The normalized spacial score (nSPS) is 11.2. The summed E-state index contributed by atoms with van der Waals surface area (Å²) in [6.45, 7) is 0. The molecule has 0 aliphatic rings. The molecular formula is C13H12BrNO2. The van der Waals surface area contributed by atoms with E-state index in [0.717, 1.165) is 15.4 Å². The lowest BCUT2D eigenvalue weighted by Gasteiger charge is -2.01. The van der Waals surface area contributed by atoms with Crippen molar-refractivity contribution in [3.63, 3.8) is 0 Å². The van der Waals surface area contributed by atoms with Crippen LogP contribution in [0.4, 0.5) is 0 Å². The summed E-state index contributed by atoms with van der Waals surface area (Å²) in [7, 11) is 3.72. The van der Waals surface area contributed by atoms with E-state index in [9.17, 15) is 4.79 Å². The Bertz CT molecular complexity index is 584. The Labute approximate surface area is 108 Å². The lowest BCUT2D eigenvalue weighted by atomic mass is 10.2. The number of allylic oxidation sites excluding steroid dienone is 1. The minimum absolute atomic E-state index is 0.133. The molecule has 0 radical (unpaired) electrons. The Morgan fingerprint density at radius 2 is 2.12 bits per heavy atom. The van der Waals surface area contributed by atoms with E-state index in [1.807, 2.05) is 32.3 Å². The number of nitrogens with zero attached hydrogens (tertiary/aromatic N) is 1. The summed E-state index contributed by atoms with van der Waals surface area (Å²) in [5, 5.41) is 0.918. The molecule has 0 amide bonds. The van der Waals surface area contributed by atoms with Crippen molar-refractivity contribution < 1.29 is 9.21 Å². The second-order valence-corrected chi connectivity index (χ2v) is 4.85. The van der Waals surface area contributed by atoms with Crippen molar-refractivity contribution in [2.75, 3.05) is 14.1 Å². The van der Waals surface area contributed by atoms with Gasteiger partial charge in [0.05, 0.1) is 0 Å². The van der Waals surface area contributed by atoms with E-state index in [4.69, 9.17) is 4.42 Å². The summed E-state index contributed by atoms with van der Waals surface area (Å²) >= 11 is 3.38. The third kappa shape index (κ3) is 2.77. The highest BCUT2D eigenvalue weighted by molar-refractivity contribution is 9.10. The first-order valence-corrected chi connectivity index (χ1v) is 5.93. The molecule has 0 atom stereocenters. The van der Waals surface area contributed by atoms with Crippen LogP contribution in [-0.4, -0.2) is 24.8 Å². The predicted molar refractivity (Wildman–Crippen MR) is 71.1 cm³/mol. The number of rotatable bonds is 3. The second-order valence-electron chi connectivity index (χ2n) is 3.94. The fourth-order valence-electron chi connectivity index (χ4n) is 1.43. The van der Waals surface area contributed by atoms with Gasteiger partial charge in [-0.15, -0.1) is 0 Å². The molecule has 2 aromatic rings. The van der Waals surface area contributed by atoms with Crippen molar-refractivity contribution in [2.45, 2.75) is 0 Å². The molecule has 0 aliphatic heterocycles. The van der Waals surface area contributed by atoms with Gasteiger partial charge in [-0.05, 0) is 24.3 Å². The zero-order chi connectivity index (χ0) is 12.4. The van der Waals surface area contributed by atoms with Crippen molar-refractivity contribution in [1.82, 2.24) is 4.90 Å². The van der Waals surface area contributed by atoms with Gasteiger partial charge in [-0.3, -0.25) is 4.79 Å². The Hall–Kier alpha value is -1.55. The topological polar surface area (TPSA) is 33.5 Å². The summed E-state index contributed by atoms with van der Waals surface area (Å²) < 4.78 is 6.44. The largest absolute Gasteiger partial charge is 0.453 e. The molecule has 2 rings (SSSR count). The highest BCUT2D eigenvalue weighted by Gasteiger charge is 2.09. The van der Waals surface area contributed by atoms with Crippen LogP contribution >= 0.6 is 15.9 Å². The lowest BCUT2D eigenvalue weighted by Crippen LogP contribution is -2.02. The molecule has 0 spiro atoms. The smallest absolute Gasteiger partial charge is 0.222 e. The molecule has 17 heavy (non-hydrogen) atoms. The number of hydrogen-bond acceptors (Lipinski definition) is 3. The summed E-state index contributed by atoms with van der Waals surface area (Å²) in [4.78, 5) is 13.6. The second kappa shape index (κ2) is 4.75. The number of halogens is 1. The van der Waals surface area contributed by atoms with Gasteiger partial charge in [-0.2, -0.15) is 0 Å². The zero-order valence-electron chi connectivity index (χ0n) is 9.61. The van der Waals surface area contributed by atoms with Crippen molar-refractivity contribution in [3.05, 3.63) is 46.8 Å². The highest BCUT2D eigenvalue weighted by Crippen LogP contribution is 2.23. The molecule has 88 valence electrons. The molecule has 1 aromatic carbocycles. The lowest BCUT2D eigenvalue weighted by molar-refractivity contribution is 0.102. The van der Waals surface area contributed by atoms with Gasteiger partial charge in [0, 0.05) is 36.2 Å². The van der Waals surface area contributed by atoms with Gasteiger partial charge in [0.2, 0.25) is 5.78 Å². The molecule has 0 unspecified atom stereocenters. The van der Waals surface area contributed by atoms with Crippen molar-refractivity contribution >= 4 is 32.7 Å². The quantitative estimate of drug-likeness (QED) is 0.642. The number of ketones is 1. The van der Waals surface area contributed by atoms with Crippen LogP contribution in [-0.2, 0) is 0 Å². The van der Waals surface area contributed by atoms with Gasteiger partial charge in [-0.25, -0.2) is 0 Å². The highest BCUT2D eigenvalue weighted by atomic mass is 79.9. The average Bonchev–Trinajstić information content (AvgIpc) is 2.68. The average molecular weight is 294 g/mol. The van der Waals surface area contributed by atoms with Gasteiger partial charge in [0.1, 0.15) is 5.58 Å². The van der Waals surface area contributed by atoms with Gasteiger partial charge >= 0.3 is 0 Å². The van der Waals surface area contributed by atoms with Crippen molar-refractivity contribution in [2.24, 2.45) is 0 Å². The van der Waals surface area contributed by atoms with Crippen LogP contribution in [0.1, 0.15) is 10.6 Å². The molecule has 0 N–H and O–H groups in total. The maximum Gasteiger partial charge on any atom is 0.222 e. The molecule has 0 aliphatic carbocycles. The molecule has 4 heteroatoms. The van der Waals surface area contributed by atoms with E-state index < -0.39 is 0 Å². The van der Waals surface area contributed by atoms with Crippen molar-refractivity contribution in [3.8, 4) is 0 Å². The zero-order valence-corrected chi connectivity index (χ0v) is 11.2. The van der Waals surface area contributed by atoms with Crippen LogP contribution in [0.15, 0.2) is 45.4 Å². The van der Waals surface area contributed by atoms with Crippen LogP contribution < -0.4 is 0 Å². The van der Waals surface area contributed by atoms with E-state index in [2.05, 4.69) is 15.9 Å². The minimum atomic E-state index is -0.133. The van der Waals surface area contributed by atoms with Crippen LogP contribution in [0.2, 0.25) is 0 Å². The summed E-state index contributed by atoms with van der Waals surface area (Å²) in [5.41, 5.74) is 0.717. The van der Waals surface area contributed by atoms with E-state index in [1.165, 1.54) is 6.08 Å². The number of carbonyl (C=O) groups excluding carboxylic acids is 1. The van der Waals surface area contributed by atoms with E-state index in [1.54, 1.807) is 17.2 Å². The number of hydrogen-bond donors (Lipinski definition) is 0. The SMILES string of the molecule is CN(C)/C=C\C(=O)c1cc2cc(Br)ccc2o1. The standard InChI is InChI=1S/C13H12BrNO2/c1-15(2)6-5-11(16)13-8-9-7-10(14)3-4-12(9)17-13/h3-8H,1-2H3/b6-5-. The molecule has 1 heterocycles. The Kier molecular flexibility index (Phi) is 3.33. The maximum atomic E-state index is 11.8. The number of furan rings is 1. The van der Waals surface area contributed by atoms with E-state index in [0.29, 0.717) is 5.76 Å². The van der Waals surface area contributed by atoms with Crippen LogP contribution in [0.5, 0.6) is 0 Å². The molecule has 1 aromatic heterocycles. The summed E-state index contributed by atoms with van der Waals surface area (Å²) in [5.74, 6) is 0.224. The molecule has 3 nitrogen and oxygen atoms in total. The monoisotopic (exact) mass is 293 g/mol. The summed E-state index contributed by atoms with van der Waals surface area (Å²) in [6, 6.07) is 7.40. The number of benzene rings is 1. The minimum Gasteiger partial charge on any atom is -0.453 e. The van der Waals surface area contributed by atoms with Crippen LogP contribution in [0.25, 0.3) is 11.0 Å². The predicted octanol–water partition coefficient (Wildman–Crippen LogP) is 3.45. The third-order valence-corrected chi connectivity index (χ3v) is 2.74. The Morgan fingerprint density at radius 1 is 1.35 bits per heavy atom. The first-order valence-electron chi connectivity index (χ1n) is 5.14. The van der Waals surface area contributed by atoms with Gasteiger partial charge in [0.25, 0.3) is 0 Å². The van der Waals surface area contributed by atoms with Crippen molar-refractivity contribution in [1.29, 1.82) is 0 Å². The summed E-state index contributed by atoms with van der Waals surface area (Å²) in [6.07, 6.45) is 3.19. The Morgan fingerprint density at radius 3 is 2.82 bits per heavy atom. The van der Waals surface area contributed by atoms with Gasteiger partial charge in [0.15, 0.2) is 5.76 Å². The first-order chi connectivity index (χ1) is 8.06. The third-order valence-electron chi connectivity index (χ3n) is 2.25. The molecule has 0 bridgehead atoms. The molecule has 0 fully saturated rings. The van der Waals surface area contributed by atoms with E-state index >= 15 is 0 Å². The van der Waals surface area contributed by atoms with E-state index in [-0.39, 0.29) is 5.78 Å². The Balaban J connectivity index is 2.33. The van der Waals surface area contributed by atoms with Gasteiger partial charge in [-0.1, -0.05) is 15.9 Å². The molecular weight excluding hydrogens is 282 g/mol. The van der Waals surface area contributed by atoms with Gasteiger partial charge < -0.3 is 9.32 Å². The fourth-order valence-corrected chi connectivity index (χ4v) is 1.81. The first kappa shape index (κ1) is 11.9. The van der Waals surface area contributed by atoms with Crippen LogP contribution in [0.3, 0.4) is 0 Å². The van der Waals surface area contributed by atoms with Crippen LogP contribution in [0, 0.1) is 0 Å². The number of fused-ring (bicyclic) bond motifs is 1. The fraction of sp³-hybridized carbons (Fsp3) is 0.154.